The number of fused-ring (bicyclic) bond motifs is 6. The average molecular weight is 804 g/mol. The standard InChI is InChI=1S/C60H41N3/c1-4-16-42(17-5-1)43-30-32-44(33-31-43)45-34-38-50(39-35-45)61(51-40-36-47(37-41-51)53-26-14-19-46-18-10-11-24-52(46)53)56-28-15-29-57-59(56)58-54-25-12-13-27-55(54)62(48-20-6-2-7-21-48)60(58)63(57)49-22-8-3-9-23-49/h1-41H. The Hall–Kier alpha value is -8.40. The molecule has 0 bridgehead atoms. The van der Waals surface area contributed by atoms with Crippen LogP contribution in [0.15, 0.2) is 249 Å². The molecule has 0 spiro atoms. The number of nitrogens with zero attached hydrogens (tertiary/aromatic N) is 3. The molecule has 0 atom stereocenters. The average Bonchev–Trinajstić information content (AvgIpc) is 3.88. The fourth-order valence-electron chi connectivity index (χ4n) is 9.62. The summed E-state index contributed by atoms with van der Waals surface area (Å²) in [6.07, 6.45) is 0. The van der Waals surface area contributed by atoms with Gasteiger partial charge in [-0.3, -0.25) is 9.13 Å². The van der Waals surface area contributed by atoms with Crippen molar-refractivity contribution >= 4 is 60.7 Å². The van der Waals surface area contributed by atoms with Crippen LogP contribution < -0.4 is 4.90 Å². The van der Waals surface area contributed by atoms with Crippen LogP contribution in [0.25, 0.3) is 88.4 Å². The topological polar surface area (TPSA) is 13.1 Å². The molecule has 0 N–H and O–H groups in total. The van der Waals surface area contributed by atoms with Crippen LogP contribution in [0.5, 0.6) is 0 Å². The van der Waals surface area contributed by atoms with E-state index in [9.17, 15) is 0 Å². The van der Waals surface area contributed by atoms with E-state index in [1.165, 1.54) is 65.8 Å². The predicted octanol–water partition coefficient (Wildman–Crippen LogP) is 16.4. The van der Waals surface area contributed by atoms with Gasteiger partial charge in [-0.05, 0) is 111 Å². The molecule has 3 nitrogen and oxygen atoms in total. The van der Waals surface area contributed by atoms with Crippen LogP contribution >= 0.6 is 0 Å². The Morgan fingerprint density at radius 1 is 0.286 bits per heavy atom. The quantitative estimate of drug-likeness (QED) is 0.149. The van der Waals surface area contributed by atoms with E-state index in [0.29, 0.717) is 0 Å². The minimum atomic E-state index is 1.08. The van der Waals surface area contributed by atoms with Crippen molar-refractivity contribution < 1.29 is 0 Å². The summed E-state index contributed by atoms with van der Waals surface area (Å²) in [4.78, 5) is 2.45. The van der Waals surface area contributed by atoms with Gasteiger partial charge in [-0.15, -0.1) is 0 Å². The Kier molecular flexibility index (Phi) is 8.83. The molecule has 0 aliphatic heterocycles. The highest BCUT2D eigenvalue weighted by atomic mass is 15.2. The number of benzene rings is 10. The number of anilines is 3. The molecule has 0 saturated carbocycles. The largest absolute Gasteiger partial charge is 0.310 e. The zero-order valence-electron chi connectivity index (χ0n) is 34.5. The summed E-state index contributed by atoms with van der Waals surface area (Å²) in [6.45, 7) is 0. The van der Waals surface area contributed by atoms with Crippen molar-refractivity contribution in [2.75, 3.05) is 4.90 Å². The van der Waals surface area contributed by atoms with Crippen LogP contribution in [0.1, 0.15) is 0 Å². The van der Waals surface area contributed by atoms with Gasteiger partial charge in [0.1, 0.15) is 5.65 Å². The van der Waals surface area contributed by atoms with Gasteiger partial charge in [-0.25, -0.2) is 0 Å². The highest BCUT2D eigenvalue weighted by Crippen LogP contribution is 2.48. The second-order valence-corrected chi connectivity index (χ2v) is 16.1. The third-order valence-corrected chi connectivity index (χ3v) is 12.5. The van der Waals surface area contributed by atoms with Crippen molar-refractivity contribution in [3.63, 3.8) is 0 Å². The number of rotatable bonds is 8. The van der Waals surface area contributed by atoms with E-state index < -0.39 is 0 Å². The monoisotopic (exact) mass is 803 g/mol. The fourth-order valence-corrected chi connectivity index (χ4v) is 9.62. The summed E-state index contributed by atoms with van der Waals surface area (Å²) in [6, 6.07) is 90.1. The summed E-state index contributed by atoms with van der Waals surface area (Å²) in [5.41, 5.74) is 16.2. The van der Waals surface area contributed by atoms with Crippen LogP contribution in [0.2, 0.25) is 0 Å². The zero-order chi connectivity index (χ0) is 41.7. The van der Waals surface area contributed by atoms with Crippen LogP contribution in [0, 0.1) is 0 Å². The Balaban J connectivity index is 1.09. The number of hydrogen-bond donors (Lipinski definition) is 0. The molecule has 0 saturated heterocycles. The first-order chi connectivity index (χ1) is 31.3. The SMILES string of the molecule is c1ccc(-c2ccc(-c3ccc(N(c4ccc(-c5cccc6ccccc56)cc4)c4cccc5c4c4c6ccccc6n(-c6ccccc6)c4n5-c4ccccc4)cc3)cc2)cc1. The third-order valence-electron chi connectivity index (χ3n) is 12.5. The first-order valence-corrected chi connectivity index (χ1v) is 21.6. The van der Waals surface area contributed by atoms with E-state index in [4.69, 9.17) is 0 Å². The van der Waals surface area contributed by atoms with E-state index in [2.05, 4.69) is 263 Å². The van der Waals surface area contributed by atoms with Crippen LogP contribution in [0.3, 0.4) is 0 Å². The van der Waals surface area contributed by atoms with Crippen LogP contribution in [-0.4, -0.2) is 9.13 Å². The van der Waals surface area contributed by atoms with Crippen LogP contribution in [-0.2, 0) is 0 Å². The van der Waals surface area contributed by atoms with Crippen molar-refractivity contribution in [2.45, 2.75) is 0 Å². The molecule has 0 fully saturated rings. The van der Waals surface area contributed by atoms with Gasteiger partial charge in [-0.1, -0.05) is 182 Å². The lowest BCUT2D eigenvalue weighted by Gasteiger charge is -2.27. The van der Waals surface area contributed by atoms with Gasteiger partial charge in [0.15, 0.2) is 0 Å². The second-order valence-electron chi connectivity index (χ2n) is 16.1. The molecule has 0 radical (unpaired) electrons. The van der Waals surface area contributed by atoms with E-state index in [1.807, 2.05) is 0 Å². The lowest BCUT2D eigenvalue weighted by atomic mass is 9.98. The van der Waals surface area contributed by atoms with E-state index in [1.54, 1.807) is 0 Å². The molecule has 12 aromatic rings. The fraction of sp³-hybridized carbons (Fsp3) is 0. The summed E-state index contributed by atoms with van der Waals surface area (Å²) in [5.74, 6) is 0. The molecule has 2 heterocycles. The highest BCUT2D eigenvalue weighted by molar-refractivity contribution is 6.26. The molecular weight excluding hydrogens is 763 g/mol. The van der Waals surface area contributed by atoms with Crippen molar-refractivity contribution in [3.05, 3.63) is 249 Å². The van der Waals surface area contributed by atoms with Gasteiger partial charge in [-0.2, -0.15) is 0 Å². The molecule has 63 heavy (non-hydrogen) atoms. The minimum absolute atomic E-state index is 1.08. The Labute approximate surface area is 366 Å². The van der Waals surface area contributed by atoms with E-state index in [-0.39, 0.29) is 0 Å². The molecule has 0 aliphatic rings. The maximum Gasteiger partial charge on any atom is 0.131 e. The molecule has 0 amide bonds. The zero-order valence-corrected chi connectivity index (χ0v) is 34.5. The lowest BCUT2D eigenvalue weighted by Crippen LogP contribution is -2.10. The number of hydrogen-bond acceptors (Lipinski definition) is 1. The molecular formula is C60H41N3. The Morgan fingerprint density at radius 3 is 1.37 bits per heavy atom. The molecule has 296 valence electrons. The van der Waals surface area contributed by atoms with Gasteiger partial charge < -0.3 is 4.90 Å². The normalized spacial score (nSPS) is 11.5. The van der Waals surface area contributed by atoms with E-state index in [0.717, 1.165) is 39.6 Å². The van der Waals surface area contributed by atoms with Crippen molar-refractivity contribution in [3.8, 4) is 44.8 Å². The van der Waals surface area contributed by atoms with Gasteiger partial charge in [0.25, 0.3) is 0 Å². The van der Waals surface area contributed by atoms with E-state index >= 15 is 0 Å². The van der Waals surface area contributed by atoms with Crippen molar-refractivity contribution in [2.24, 2.45) is 0 Å². The summed E-state index contributed by atoms with van der Waals surface area (Å²) in [7, 11) is 0. The van der Waals surface area contributed by atoms with Gasteiger partial charge in [0.2, 0.25) is 0 Å². The van der Waals surface area contributed by atoms with Crippen molar-refractivity contribution in [1.82, 2.24) is 9.13 Å². The minimum Gasteiger partial charge on any atom is -0.310 e. The number of aromatic nitrogens is 2. The molecule has 12 rings (SSSR count). The second kappa shape index (κ2) is 15.3. The summed E-state index contributed by atoms with van der Waals surface area (Å²) < 4.78 is 4.88. The Morgan fingerprint density at radius 2 is 0.730 bits per heavy atom. The van der Waals surface area contributed by atoms with Gasteiger partial charge in [0.05, 0.1) is 16.7 Å². The summed E-state index contributed by atoms with van der Waals surface area (Å²) >= 11 is 0. The molecule has 0 aliphatic carbocycles. The molecule has 0 unspecified atom stereocenters. The molecule has 10 aromatic carbocycles. The highest BCUT2D eigenvalue weighted by Gasteiger charge is 2.26. The smallest absolute Gasteiger partial charge is 0.131 e. The predicted molar refractivity (Wildman–Crippen MR) is 266 cm³/mol. The summed E-state index contributed by atoms with van der Waals surface area (Å²) in [5, 5.41) is 6.12. The number of para-hydroxylation sites is 3. The van der Waals surface area contributed by atoms with Crippen molar-refractivity contribution in [1.29, 1.82) is 0 Å². The molecule has 3 heteroatoms. The maximum absolute atomic E-state index is 2.45. The molecule has 2 aromatic heterocycles. The Bertz CT molecular complexity index is 3560. The first-order valence-electron chi connectivity index (χ1n) is 21.6. The van der Waals surface area contributed by atoms with Gasteiger partial charge >= 0.3 is 0 Å². The lowest BCUT2D eigenvalue weighted by molar-refractivity contribution is 1.07. The van der Waals surface area contributed by atoms with Gasteiger partial charge in [0, 0.05) is 38.9 Å². The van der Waals surface area contributed by atoms with Crippen LogP contribution in [0.4, 0.5) is 17.1 Å². The maximum atomic E-state index is 2.45. The third kappa shape index (κ3) is 6.21. The first kappa shape index (κ1) is 36.5.